The van der Waals surface area contributed by atoms with Gasteiger partial charge in [0, 0.05) is 0 Å². The Kier molecular flexibility index (Phi) is 4.64. The Bertz CT molecular complexity index is 241. The van der Waals surface area contributed by atoms with Gasteiger partial charge in [-0.05, 0) is 42.4 Å². The molecule has 0 N–H and O–H groups in total. The number of hydrogen-bond acceptors (Lipinski definition) is 0. The maximum Gasteiger partial charge on any atom is -0.0126 e. The topological polar surface area (TPSA) is 0 Å². The SMILES string of the molecule is CCCC1=CCC[C@H](C)[C@H](C)C1C(C)(C)C. The molecule has 1 rings (SSSR count). The van der Waals surface area contributed by atoms with Crippen LogP contribution in [0.5, 0.6) is 0 Å². The van der Waals surface area contributed by atoms with Gasteiger partial charge in [-0.15, -0.1) is 0 Å². The second-order valence-electron chi connectivity index (χ2n) is 6.79. The molecule has 0 aromatic rings. The molecule has 0 aromatic carbocycles. The van der Waals surface area contributed by atoms with Crippen molar-refractivity contribution >= 4 is 0 Å². The fourth-order valence-corrected chi connectivity index (χ4v) is 3.48. The Morgan fingerprint density at radius 2 is 1.88 bits per heavy atom. The Hall–Kier alpha value is -0.260. The van der Waals surface area contributed by atoms with Gasteiger partial charge in [-0.25, -0.2) is 0 Å². The van der Waals surface area contributed by atoms with E-state index in [1.54, 1.807) is 5.57 Å². The summed E-state index contributed by atoms with van der Waals surface area (Å²) < 4.78 is 0. The van der Waals surface area contributed by atoms with E-state index in [1.807, 2.05) is 0 Å². The van der Waals surface area contributed by atoms with Crippen molar-refractivity contribution in [2.45, 2.75) is 67.2 Å². The summed E-state index contributed by atoms with van der Waals surface area (Å²) in [5, 5.41) is 0. The van der Waals surface area contributed by atoms with Crippen molar-refractivity contribution in [1.82, 2.24) is 0 Å². The second kappa shape index (κ2) is 5.38. The van der Waals surface area contributed by atoms with Crippen molar-refractivity contribution in [3.05, 3.63) is 11.6 Å². The van der Waals surface area contributed by atoms with Crippen LogP contribution in [0.1, 0.15) is 67.2 Å². The predicted molar refractivity (Wildman–Crippen MR) is 73.5 cm³/mol. The van der Waals surface area contributed by atoms with Crippen LogP contribution in [-0.2, 0) is 0 Å². The minimum Gasteiger partial charge on any atom is -0.0850 e. The Morgan fingerprint density at radius 3 is 2.38 bits per heavy atom. The zero-order valence-electron chi connectivity index (χ0n) is 12.1. The molecule has 0 heterocycles. The van der Waals surface area contributed by atoms with Gasteiger partial charge in [0.1, 0.15) is 0 Å². The molecule has 0 aliphatic heterocycles. The summed E-state index contributed by atoms with van der Waals surface area (Å²) in [6.45, 7) is 14.4. The molecule has 3 atom stereocenters. The molecule has 0 saturated carbocycles. The van der Waals surface area contributed by atoms with Gasteiger partial charge in [0.05, 0.1) is 0 Å². The highest BCUT2D eigenvalue weighted by Gasteiger charge is 2.35. The zero-order valence-corrected chi connectivity index (χ0v) is 12.1. The maximum absolute atomic E-state index is 2.55. The van der Waals surface area contributed by atoms with E-state index in [4.69, 9.17) is 0 Å². The van der Waals surface area contributed by atoms with E-state index in [1.165, 1.54) is 25.7 Å². The Balaban J connectivity index is 2.98. The van der Waals surface area contributed by atoms with E-state index in [9.17, 15) is 0 Å². The molecular weight excluding hydrogens is 192 g/mol. The number of rotatable bonds is 2. The van der Waals surface area contributed by atoms with Gasteiger partial charge >= 0.3 is 0 Å². The van der Waals surface area contributed by atoms with Crippen molar-refractivity contribution in [3.63, 3.8) is 0 Å². The Morgan fingerprint density at radius 1 is 1.25 bits per heavy atom. The smallest absolute Gasteiger partial charge is 0.0126 e. The molecule has 16 heavy (non-hydrogen) atoms. The van der Waals surface area contributed by atoms with Crippen LogP contribution in [0.4, 0.5) is 0 Å². The molecule has 1 aliphatic carbocycles. The molecule has 94 valence electrons. The second-order valence-corrected chi connectivity index (χ2v) is 6.79. The van der Waals surface area contributed by atoms with Crippen LogP contribution in [0.25, 0.3) is 0 Å². The largest absolute Gasteiger partial charge is 0.0850 e. The summed E-state index contributed by atoms with van der Waals surface area (Å²) in [6.07, 6.45) is 7.83. The molecule has 0 heteroatoms. The van der Waals surface area contributed by atoms with Crippen molar-refractivity contribution in [2.24, 2.45) is 23.2 Å². The minimum absolute atomic E-state index is 0.416. The highest BCUT2D eigenvalue weighted by Crippen LogP contribution is 2.45. The van der Waals surface area contributed by atoms with Gasteiger partial charge in [0.2, 0.25) is 0 Å². The number of allylic oxidation sites excluding steroid dienone is 2. The van der Waals surface area contributed by atoms with Gasteiger partial charge in [0.25, 0.3) is 0 Å². The summed E-state index contributed by atoms with van der Waals surface area (Å²) in [5.74, 6) is 2.49. The molecule has 1 aliphatic rings. The summed E-state index contributed by atoms with van der Waals surface area (Å²) in [5.41, 5.74) is 2.16. The van der Waals surface area contributed by atoms with Crippen LogP contribution in [0.3, 0.4) is 0 Å². The van der Waals surface area contributed by atoms with Crippen molar-refractivity contribution in [3.8, 4) is 0 Å². The third-order valence-electron chi connectivity index (χ3n) is 4.32. The molecule has 0 bridgehead atoms. The molecule has 0 radical (unpaired) electrons. The molecule has 0 saturated heterocycles. The average Bonchev–Trinajstić information content (AvgIpc) is 2.27. The van der Waals surface area contributed by atoms with E-state index in [2.05, 4.69) is 47.6 Å². The van der Waals surface area contributed by atoms with Gasteiger partial charge in [-0.3, -0.25) is 0 Å². The molecular formula is C16H30. The average molecular weight is 222 g/mol. The molecule has 0 spiro atoms. The Labute approximate surface area is 103 Å². The molecule has 0 fully saturated rings. The van der Waals surface area contributed by atoms with Crippen LogP contribution in [0.2, 0.25) is 0 Å². The molecule has 1 unspecified atom stereocenters. The van der Waals surface area contributed by atoms with Gasteiger partial charge in [-0.2, -0.15) is 0 Å². The lowest BCUT2D eigenvalue weighted by Gasteiger charge is -2.39. The quantitative estimate of drug-likeness (QED) is 0.546. The fraction of sp³-hybridized carbons (Fsp3) is 0.875. The van der Waals surface area contributed by atoms with Crippen LogP contribution in [-0.4, -0.2) is 0 Å². The van der Waals surface area contributed by atoms with Crippen LogP contribution < -0.4 is 0 Å². The maximum atomic E-state index is 2.55. The van der Waals surface area contributed by atoms with E-state index in [0.29, 0.717) is 5.41 Å². The molecule has 0 aromatic heterocycles. The summed E-state index contributed by atoms with van der Waals surface area (Å²) in [7, 11) is 0. The fourth-order valence-electron chi connectivity index (χ4n) is 3.48. The summed E-state index contributed by atoms with van der Waals surface area (Å²) in [4.78, 5) is 0. The standard InChI is InChI=1S/C16H30/c1-7-9-14-11-8-10-12(2)13(3)15(14)16(4,5)6/h11-13,15H,7-10H2,1-6H3/t12-,13-,15?/m0/s1. The van der Waals surface area contributed by atoms with E-state index < -0.39 is 0 Å². The monoisotopic (exact) mass is 222 g/mol. The summed E-state index contributed by atoms with van der Waals surface area (Å²) >= 11 is 0. The van der Waals surface area contributed by atoms with E-state index in [0.717, 1.165) is 17.8 Å². The first-order valence-corrected chi connectivity index (χ1v) is 7.06. The lowest BCUT2D eigenvalue weighted by atomic mass is 9.66. The molecule has 0 amide bonds. The first-order valence-electron chi connectivity index (χ1n) is 7.06. The first-order chi connectivity index (χ1) is 7.38. The first kappa shape index (κ1) is 13.8. The third-order valence-corrected chi connectivity index (χ3v) is 4.32. The van der Waals surface area contributed by atoms with Crippen LogP contribution in [0.15, 0.2) is 11.6 Å². The lowest BCUT2D eigenvalue weighted by Crippen LogP contribution is -2.31. The molecule has 0 nitrogen and oxygen atoms in total. The normalized spacial score (nSPS) is 32.1. The van der Waals surface area contributed by atoms with E-state index >= 15 is 0 Å². The van der Waals surface area contributed by atoms with Crippen LogP contribution >= 0.6 is 0 Å². The predicted octanol–water partition coefficient (Wildman–Crippen LogP) is 5.44. The highest BCUT2D eigenvalue weighted by atomic mass is 14.4. The van der Waals surface area contributed by atoms with Crippen molar-refractivity contribution in [1.29, 1.82) is 0 Å². The van der Waals surface area contributed by atoms with Gasteiger partial charge < -0.3 is 0 Å². The van der Waals surface area contributed by atoms with Gasteiger partial charge in [-0.1, -0.05) is 59.6 Å². The van der Waals surface area contributed by atoms with Crippen LogP contribution in [0, 0.1) is 23.2 Å². The minimum atomic E-state index is 0.416. The summed E-state index contributed by atoms with van der Waals surface area (Å²) in [6, 6.07) is 0. The number of hydrogen-bond donors (Lipinski definition) is 0. The van der Waals surface area contributed by atoms with Crippen molar-refractivity contribution in [2.75, 3.05) is 0 Å². The highest BCUT2D eigenvalue weighted by molar-refractivity contribution is 5.13. The van der Waals surface area contributed by atoms with E-state index in [-0.39, 0.29) is 0 Å². The van der Waals surface area contributed by atoms with Crippen molar-refractivity contribution < 1.29 is 0 Å². The zero-order chi connectivity index (χ0) is 12.3. The lowest BCUT2D eigenvalue weighted by molar-refractivity contribution is 0.159. The van der Waals surface area contributed by atoms with Gasteiger partial charge in [0.15, 0.2) is 0 Å². The third kappa shape index (κ3) is 3.12.